The lowest BCUT2D eigenvalue weighted by molar-refractivity contribution is -0.146. The fourth-order valence-corrected chi connectivity index (χ4v) is 3.31. The van der Waals surface area contributed by atoms with Gasteiger partial charge >= 0.3 is 5.97 Å². The van der Waals surface area contributed by atoms with Gasteiger partial charge in [0.2, 0.25) is 0 Å². The van der Waals surface area contributed by atoms with E-state index in [0.29, 0.717) is 4.91 Å². The first kappa shape index (κ1) is 14.8. The summed E-state index contributed by atoms with van der Waals surface area (Å²) in [6.07, 6.45) is 3.43. The molecule has 1 amide bonds. The Labute approximate surface area is 126 Å². The van der Waals surface area contributed by atoms with E-state index in [9.17, 15) is 14.7 Å². The largest absolute Gasteiger partial charge is 0.480 e. The second-order valence-electron chi connectivity index (χ2n) is 4.70. The number of carboxylic acids is 1. The molecule has 0 saturated carbocycles. The molecular weight excluding hydrogens is 296 g/mol. The number of aliphatic carboxylic acids is 1. The Morgan fingerprint density at radius 1 is 1.55 bits per heavy atom. The van der Waals surface area contributed by atoms with Gasteiger partial charge in [-0.05, 0) is 24.1 Å². The molecule has 5 nitrogen and oxygen atoms in total. The highest BCUT2D eigenvalue weighted by atomic mass is 32.2. The lowest BCUT2D eigenvalue weighted by Crippen LogP contribution is -2.47. The number of thioether (sulfide) groups is 1. The van der Waals surface area contributed by atoms with Gasteiger partial charge in [0.1, 0.15) is 10.4 Å². The minimum atomic E-state index is -1.04. The van der Waals surface area contributed by atoms with Gasteiger partial charge in [-0.3, -0.25) is 9.69 Å². The van der Waals surface area contributed by atoms with Crippen molar-refractivity contribution >= 4 is 46.3 Å². The molecule has 20 heavy (non-hydrogen) atoms. The maximum absolute atomic E-state index is 12.4. The van der Waals surface area contributed by atoms with Gasteiger partial charge in [-0.2, -0.15) is 0 Å². The fraction of sp³-hybridized carbons (Fsp3) is 0.308. The number of nitrogens with one attached hydrogen (secondary N) is 1. The average Bonchev–Trinajstić information content (AvgIpc) is 2.93. The average molecular weight is 310 g/mol. The van der Waals surface area contributed by atoms with Crippen LogP contribution in [0.2, 0.25) is 0 Å². The molecule has 0 radical (unpaired) electrons. The molecule has 0 bridgehead atoms. The van der Waals surface area contributed by atoms with Crippen molar-refractivity contribution in [2.24, 2.45) is 5.92 Å². The lowest BCUT2D eigenvalue weighted by atomic mass is 10.0. The third-order valence-corrected chi connectivity index (χ3v) is 4.23. The summed E-state index contributed by atoms with van der Waals surface area (Å²) in [5.41, 5.74) is 0.780. The minimum Gasteiger partial charge on any atom is -0.480 e. The molecule has 2 heterocycles. The first-order valence-electron chi connectivity index (χ1n) is 6.05. The highest BCUT2D eigenvalue weighted by molar-refractivity contribution is 8.26. The number of carbonyl (C=O) groups excluding carboxylic acids is 1. The smallest absolute Gasteiger partial charge is 0.327 e. The quantitative estimate of drug-likeness (QED) is 0.659. The van der Waals surface area contributed by atoms with Gasteiger partial charge in [-0.15, -0.1) is 0 Å². The van der Waals surface area contributed by atoms with E-state index in [1.165, 1.54) is 4.90 Å². The van der Waals surface area contributed by atoms with Crippen molar-refractivity contribution in [3.05, 3.63) is 28.9 Å². The van der Waals surface area contributed by atoms with Crippen LogP contribution in [0.15, 0.2) is 23.2 Å². The topological polar surface area (TPSA) is 73.4 Å². The first-order chi connectivity index (χ1) is 9.41. The van der Waals surface area contributed by atoms with E-state index in [2.05, 4.69) is 4.98 Å². The van der Waals surface area contributed by atoms with Gasteiger partial charge in [-0.25, -0.2) is 4.79 Å². The number of amides is 1. The number of carboxylic acid groups (broad SMARTS) is 1. The van der Waals surface area contributed by atoms with E-state index < -0.39 is 12.0 Å². The zero-order chi connectivity index (χ0) is 14.9. The molecule has 1 aliphatic heterocycles. The van der Waals surface area contributed by atoms with Crippen LogP contribution in [0.4, 0.5) is 0 Å². The molecule has 0 aromatic carbocycles. The Bertz CT molecular complexity index is 578. The Hall–Kier alpha value is -1.60. The second-order valence-corrected chi connectivity index (χ2v) is 6.38. The number of aromatic amines is 1. The van der Waals surface area contributed by atoms with Crippen molar-refractivity contribution in [3.63, 3.8) is 0 Å². The number of H-pyrrole nitrogens is 1. The van der Waals surface area contributed by atoms with Crippen molar-refractivity contribution in [2.45, 2.75) is 19.9 Å². The third-order valence-electron chi connectivity index (χ3n) is 2.89. The van der Waals surface area contributed by atoms with Crippen LogP contribution >= 0.6 is 24.0 Å². The van der Waals surface area contributed by atoms with Crippen molar-refractivity contribution in [1.82, 2.24) is 9.88 Å². The summed E-state index contributed by atoms with van der Waals surface area (Å²) in [5.74, 6) is -1.62. The normalized spacial score (nSPS) is 19.1. The van der Waals surface area contributed by atoms with E-state index in [0.717, 1.165) is 17.5 Å². The van der Waals surface area contributed by atoms with Gasteiger partial charge in [-0.1, -0.05) is 37.8 Å². The van der Waals surface area contributed by atoms with E-state index in [-0.39, 0.29) is 16.1 Å². The number of hydrogen-bond acceptors (Lipinski definition) is 4. The minimum absolute atomic E-state index is 0.222. The molecule has 0 spiro atoms. The Morgan fingerprint density at radius 3 is 2.75 bits per heavy atom. The van der Waals surface area contributed by atoms with Gasteiger partial charge in [0.15, 0.2) is 0 Å². The molecule has 0 aliphatic carbocycles. The fourth-order valence-electron chi connectivity index (χ4n) is 1.99. The monoisotopic (exact) mass is 310 g/mol. The van der Waals surface area contributed by atoms with Crippen LogP contribution in [0.25, 0.3) is 6.08 Å². The van der Waals surface area contributed by atoms with Crippen molar-refractivity contribution in [2.75, 3.05) is 0 Å². The van der Waals surface area contributed by atoms with Crippen LogP contribution in [-0.4, -0.2) is 37.2 Å². The van der Waals surface area contributed by atoms with Crippen LogP contribution in [0.1, 0.15) is 19.5 Å². The third kappa shape index (κ3) is 2.78. The van der Waals surface area contributed by atoms with Gasteiger partial charge in [0, 0.05) is 11.9 Å². The Kier molecular flexibility index (Phi) is 4.29. The highest BCUT2D eigenvalue weighted by Gasteiger charge is 2.41. The summed E-state index contributed by atoms with van der Waals surface area (Å²) in [6.45, 7) is 3.51. The number of nitrogens with zero attached hydrogens (tertiary/aromatic N) is 1. The summed E-state index contributed by atoms with van der Waals surface area (Å²) in [6, 6.07) is 2.71. The van der Waals surface area contributed by atoms with Crippen molar-refractivity contribution < 1.29 is 14.7 Å². The van der Waals surface area contributed by atoms with E-state index in [1.54, 1.807) is 26.1 Å². The number of aromatic nitrogens is 1. The summed E-state index contributed by atoms with van der Waals surface area (Å²) < 4.78 is 0.286. The molecule has 1 fully saturated rings. The van der Waals surface area contributed by atoms with E-state index in [1.807, 2.05) is 12.1 Å². The van der Waals surface area contributed by atoms with Gasteiger partial charge < -0.3 is 10.1 Å². The molecule has 1 atom stereocenters. The molecule has 1 saturated heterocycles. The zero-order valence-corrected chi connectivity index (χ0v) is 12.6. The second kappa shape index (κ2) is 5.80. The van der Waals surface area contributed by atoms with Gasteiger partial charge in [0.25, 0.3) is 5.91 Å². The first-order valence-corrected chi connectivity index (χ1v) is 7.27. The maximum Gasteiger partial charge on any atom is 0.327 e. The number of rotatable bonds is 4. The van der Waals surface area contributed by atoms with Crippen molar-refractivity contribution in [3.8, 4) is 0 Å². The Balaban J connectivity index is 2.31. The molecule has 1 aromatic rings. The summed E-state index contributed by atoms with van der Waals surface area (Å²) in [5, 5.41) is 9.29. The Morgan fingerprint density at radius 2 is 2.25 bits per heavy atom. The van der Waals surface area contributed by atoms with Crippen molar-refractivity contribution in [1.29, 1.82) is 0 Å². The predicted octanol–water partition coefficient (Wildman–Crippen LogP) is 2.33. The summed E-state index contributed by atoms with van der Waals surface area (Å²) in [7, 11) is 0. The molecule has 1 unspecified atom stereocenters. The molecular formula is C13H14N2O3S2. The SMILES string of the molecule is CC(C)C(C(=O)O)N1C(=O)/C(=C/c2ccc[nH]2)SC1=S. The summed E-state index contributed by atoms with van der Waals surface area (Å²) >= 11 is 6.29. The number of thiocarbonyl (C=S) groups is 1. The predicted molar refractivity (Wildman–Crippen MR) is 82.1 cm³/mol. The van der Waals surface area contributed by atoms with Crippen LogP contribution in [-0.2, 0) is 9.59 Å². The molecule has 7 heteroatoms. The lowest BCUT2D eigenvalue weighted by Gasteiger charge is -2.26. The maximum atomic E-state index is 12.4. The number of hydrogen-bond donors (Lipinski definition) is 2. The van der Waals surface area contributed by atoms with Crippen LogP contribution in [0, 0.1) is 5.92 Å². The molecule has 1 aromatic heterocycles. The molecule has 2 rings (SSSR count). The van der Waals surface area contributed by atoms with E-state index >= 15 is 0 Å². The van der Waals surface area contributed by atoms with Gasteiger partial charge in [0.05, 0.1) is 4.91 Å². The zero-order valence-electron chi connectivity index (χ0n) is 11.0. The van der Waals surface area contributed by atoms with E-state index in [4.69, 9.17) is 12.2 Å². The van der Waals surface area contributed by atoms with Crippen LogP contribution in [0.5, 0.6) is 0 Å². The highest BCUT2D eigenvalue weighted by Crippen LogP contribution is 2.35. The number of carbonyl (C=O) groups is 2. The molecule has 2 N–H and O–H groups in total. The standard InChI is InChI=1S/C13H14N2O3S2/c1-7(2)10(12(17)18)15-11(16)9(20-13(15)19)6-8-4-3-5-14-8/h3-7,10,14H,1-2H3,(H,17,18)/b9-6-. The summed E-state index contributed by atoms with van der Waals surface area (Å²) in [4.78, 5) is 28.3. The van der Waals surface area contributed by atoms with Crippen LogP contribution < -0.4 is 0 Å². The molecule has 106 valence electrons. The van der Waals surface area contributed by atoms with Crippen LogP contribution in [0.3, 0.4) is 0 Å². The molecule has 1 aliphatic rings.